The minimum absolute atomic E-state index is 0.532. The maximum absolute atomic E-state index is 10.4. The molecular weight excluding hydrogens is 262 g/mol. The number of benzene rings is 1. The number of nitrogens with one attached hydrogen (secondary N) is 1. The van der Waals surface area contributed by atoms with Crippen molar-refractivity contribution in [1.82, 2.24) is 5.32 Å². The van der Waals surface area contributed by atoms with Crippen LogP contribution >= 0.6 is 11.6 Å². The monoisotopic (exact) mass is 285 g/mol. The van der Waals surface area contributed by atoms with Gasteiger partial charge in [-0.2, -0.15) is 0 Å². The average molecular weight is 286 g/mol. The maximum atomic E-state index is 10.4. The average Bonchev–Trinajstić information content (AvgIpc) is 2.34. The number of methoxy groups -OCH3 is 1. The SMILES string of the molecule is CCCNCCC(C)(O)Cc1cc(Cl)ccc1OC. The third-order valence-corrected chi connectivity index (χ3v) is 3.32. The molecule has 0 aliphatic carbocycles. The van der Waals surface area contributed by atoms with E-state index >= 15 is 0 Å². The number of rotatable bonds is 8. The zero-order valence-corrected chi connectivity index (χ0v) is 12.8. The van der Waals surface area contributed by atoms with Crippen LogP contribution in [0.3, 0.4) is 0 Å². The lowest BCUT2D eigenvalue weighted by molar-refractivity contribution is 0.0510. The Hall–Kier alpha value is -0.770. The van der Waals surface area contributed by atoms with E-state index in [-0.39, 0.29) is 0 Å². The quantitative estimate of drug-likeness (QED) is 0.722. The first-order valence-electron chi connectivity index (χ1n) is 6.74. The molecule has 19 heavy (non-hydrogen) atoms. The van der Waals surface area contributed by atoms with Crippen molar-refractivity contribution in [3.8, 4) is 5.75 Å². The van der Waals surface area contributed by atoms with E-state index in [2.05, 4.69) is 12.2 Å². The predicted molar refractivity (Wildman–Crippen MR) is 80.1 cm³/mol. The normalized spacial score (nSPS) is 14.2. The zero-order chi connectivity index (χ0) is 14.3. The largest absolute Gasteiger partial charge is 0.496 e. The van der Waals surface area contributed by atoms with E-state index in [4.69, 9.17) is 16.3 Å². The molecule has 108 valence electrons. The van der Waals surface area contributed by atoms with Crippen LogP contribution in [0.25, 0.3) is 0 Å². The Labute approximate surface area is 120 Å². The number of hydrogen-bond donors (Lipinski definition) is 2. The maximum Gasteiger partial charge on any atom is 0.122 e. The van der Waals surface area contributed by atoms with Gasteiger partial charge in [-0.1, -0.05) is 18.5 Å². The molecule has 0 radical (unpaired) electrons. The van der Waals surface area contributed by atoms with Crippen LogP contribution in [0.5, 0.6) is 5.75 Å². The van der Waals surface area contributed by atoms with Gasteiger partial charge in [0, 0.05) is 11.4 Å². The summed E-state index contributed by atoms with van der Waals surface area (Å²) in [6, 6.07) is 5.48. The molecule has 0 saturated heterocycles. The zero-order valence-electron chi connectivity index (χ0n) is 12.0. The lowest BCUT2D eigenvalue weighted by Crippen LogP contribution is -2.32. The van der Waals surface area contributed by atoms with Crippen molar-refractivity contribution >= 4 is 11.6 Å². The molecule has 0 aromatic heterocycles. The van der Waals surface area contributed by atoms with E-state index in [1.54, 1.807) is 13.2 Å². The van der Waals surface area contributed by atoms with Gasteiger partial charge in [0.15, 0.2) is 0 Å². The summed E-state index contributed by atoms with van der Waals surface area (Å²) in [5, 5.41) is 14.4. The summed E-state index contributed by atoms with van der Waals surface area (Å²) in [4.78, 5) is 0. The predicted octanol–water partition coefficient (Wildman–Crippen LogP) is 3.03. The van der Waals surface area contributed by atoms with Crippen LogP contribution in [0, 0.1) is 0 Å². The molecule has 0 bridgehead atoms. The summed E-state index contributed by atoms with van der Waals surface area (Å²) in [5.41, 5.74) is 0.175. The molecule has 0 aliphatic rings. The Morgan fingerprint density at radius 1 is 1.37 bits per heavy atom. The molecule has 3 nitrogen and oxygen atoms in total. The second-order valence-corrected chi connectivity index (χ2v) is 5.57. The molecule has 0 amide bonds. The molecule has 1 atom stereocenters. The highest BCUT2D eigenvalue weighted by Gasteiger charge is 2.22. The Kier molecular flexibility index (Phi) is 6.63. The van der Waals surface area contributed by atoms with Gasteiger partial charge in [0.25, 0.3) is 0 Å². The molecule has 0 heterocycles. The molecule has 1 unspecified atom stereocenters. The van der Waals surface area contributed by atoms with Crippen LogP contribution in [0.1, 0.15) is 32.3 Å². The number of halogens is 1. The van der Waals surface area contributed by atoms with E-state index < -0.39 is 5.60 Å². The first-order chi connectivity index (χ1) is 8.98. The number of ether oxygens (including phenoxy) is 1. The minimum Gasteiger partial charge on any atom is -0.496 e. The standard InChI is InChI=1S/C15H24ClNO2/c1-4-8-17-9-7-15(2,18)11-12-10-13(16)5-6-14(12)19-3/h5-6,10,17-18H,4,7-9,11H2,1-3H3. The van der Waals surface area contributed by atoms with Crippen LogP contribution in [0.2, 0.25) is 5.02 Å². The van der Waals surface area contributed by atoms with Crippen LogP contribution in [0.4, 0.5) is 0 Å². The second-order valence-electron chi connectivity index (χ2n) is 5.13. The van der Waals surface area contributed by atoms with Gasteiger partial charge in [0.2, 0.25) is 0 Å². The fraction of sp³-hybridized carbons (Fsp3) is 0.600. The molecule has 1 aromatic rings. The summed E-state index contributed by atoms with van der Waals surface area (Å²) in [6.45, 7) is 5.77. The van der Waals surface area contributed by atoms with Crippen molar-refractivity contribution < 1.29 is 9.84 Å². The van der Waals surface area contributed by atoms with Crippen molar-refractivity contribution in [1.29, 1.82) is 0 Å². The summed E-state index contributed by atoms with van der Waals surface area (Å²) in [6.07, 6.45) is 2.33. The van der Waals surface area contributed by atoms with Gasteiger partial charge < -0.3 is 15.2 Å². The van der Waals surface area contributed by atoms with Crippen molar-refractivity contribution in [3.63, 3.8) is 0 Å². The Morgan fingerprint density at radius 2 is 2.11 bits per heavy atom. The Balaban J connectivity index is 2.63. The molecule has 1 aromatic carbocycles. The summed E-state index contributed by atoms with van der Waals surface area (Å²) >= 11 is 6.00. The highest BCUT2D eigenvalue weighted by Crippen LogP contribution is 2.27. The Morgan fingerprint density at radius 3 is 2.74 bits per heavy atom. The highest BCUT2D eigenvalue weighted by molar-refractivity contribution is 6.30. The third kappa shape index (κ3) is 5.81. The van der Waals surface area contributed by atoms with Crippen LogP contribution < -0.4 is 10.1 Å². The summed E-state index contributed by atoms with van der Waals surface area (Å²) in [5.74, 6) is 0.770. The Bertz CT molecular complexity index is 394. The molecule has 4 heteroatoms. The van der Waals surface area contributed by atoms with Gasteiger partial charge in [-0.05, 0) is 56.6 Å². The molecule has 2 N–H and O–H groups in total. The van der Waals surface area contributed by atoms with Gasteiger partial charge >= 0.3 is 0 Å². The molecule has 0 saturated carbocycles. The highest BCUT2D eigenvalue weighted by atomic mass is 35.5. The van der Waals surface area contributed by atoms with E-state index in [1.165, 1.54) is 0 Å². The van der Waals surface area contributed by atoms with E-state index in [0.717, 1.165) is 30.8 Å². The minimum atomic E-state index is -0.765. The topological polar surface area (TPSA) is 41.5 Å². The lowest BCUT2D eigenvalue weighted by Gasteiger charge is -2.24. The van der Waals surface area contributed by atoms with Gasteiger partial charge in [-0.25, -0.2) is 0 Å². The smallest absolute Gasteiger partial charge is 0.122 e. The third-order valence-electron chi connectivity index (χ3n) is 3.08. The van der Waals surface area contributed by atoms with Gasteiger partial charge in [0.05, 0.1) is 12.7 Å². The molecule has 0 aliphatic heterocycles. The molecule has 1 rings (SSSR count). The molecule has 0 fully saturated rings. The first-order valence-corrected chi connectivity index (χ1v) is 7.12. The fourth-order valence-electron chi connectivity index (χ4n) is 2.04. The van der Waals surface area contributed by atoms with Gasteiger partial charge in [0.1, 0.15) is 5.75 Å². The molecular formula is C15H24ClNO2. The van der Waals surface area contributed by atoms with Crippen molar-refractivity contribution in [2.45, 2.75) is 38.7 Å². The summed E-state index contributed by atoms with van der Waals surface area (Å²) in [7, 11) is 1.63. The van der Waals surface area contributed by atoms with Crippen LogP contribution in [-0.2, 0) is 6.42 Å². The lowest BCUT2D eigenvalue weighted by atomic mass is 9.92. The first kappa shape index (κ1) is 16.3. The van der Waals surface area contributed by atoms with Crippen LogP contribution in [-0.4, -0.2) is 30.9 Å². The van der Waals surface area contributed by atoms with Gasteiger partial charge in [-0.15, -0.1) is 0 Å². The summed E-state index contributed by atoms with van der Waals surface area (Å²) < 4.78 is 5.30. The molecule has 0 spiro atoms. The van der Waals surface area contributed by atoms with Crippen molar-refractivity contribution in [2.24, 2.45) is 0 Å². The fourth-order valence-corrected chi connectivity index (χ4v) is 2.24. The van der Waals surface area contributed by atoms with Crippen molar-refractivity contribution in [2.75, 3.05) is 20.2 Å². The number of hydrogen-bond acceptors (Lipinski definition) is 3. The van der Waals surface area contributed by atoms with E-state index in [0.29, 0.717) is 17.9 Å². The van der Waals surface area contributed by atoms with E-state index in [9.17, 15) is 5.11 Å². The van der Waals surface area contributed by atoms with Crippen LogP contribution in [0.15, 0.2) is 18.2 Å². The second kappa shape index (κ2) is 7.73. The van der Waals surface area contributed by atoms with E-state index in [1.807, 2.05) is 19.1 Å². The number of aliphatic hydroxyl groups is 1. The van der Waals surface area contributed by atoms with Gasteiger partial charge in [-0.3, -0.25) is 0 Å². The van der Waals surface area contributed by atoms with Crippen molar-refractivity contribution in [3.05, 3.63) is 28.8 Å².